The van der Waals surface area contributed by atoms with E-state index in [0.29, 0.717) is 19.2 Å². The molecule has 0 aromatic heterocycles. The minimum atomic E-state index is -0.688. The van der Waals surface area contributed by atoms with Crippen LogP contribution in [0.5, 0.6) is 0 Å². The van der Waals surface area contributed by atoms with Crippen LogP contribution in [0.2, 0.25) is 0 Å². The van der Waals surface area contributed by atoms with Gasteiger partial charge in [0.25, 0.3) is 0 Å². The number of ether oxygens (including phenoxy) is 2. The van der Waals surface area contributed by atoms with Crippen molar-refractivity contribution in [2.45, 2.75) is 6.92 Å². The van der Waals surface area contributed by atoms with E-state index in [2.05, 4.69) is 0 Å². The van der Waals surface area contributed by atoms with Crippen LogP contribution in [0.1, 0.15) is 6.92 Å². The van der Waals surface area contributed by atoms with Crippen molar-refractivity contribution in [3.05, 3.63) is 11.3 Å². The second-order valence-corrected chi connectivity index (χ2v) is 4.20. The van der Waals surface area contributed by atoms with Crippen molar-refractivity contribution in [3.63, 3.8) is 0 Å². The van der Waals surface area contributed by atoms with E-state index in [9.17, 15) is 4.79 Å². The first-order valence-corrected chi connectivity index (χ1v) is 6.14. The van der Waals surface area contributed by atoms with Gasteiger partial charge in [0.15, 0.2) is 11.3 Å². The summed E-state index contributed by atoms with van der Waals surface area (Å²) in [6, 6.07) is 2.24. The number of hydrogen-bond acceptors (Lipinski definition) is 6. The lowest BCUT2D eigenvalue weighted by Gasteiger charge is -2.25. The van der Waals surface area contributed by atoms with Crippen molar-refractivity contribution in [1.29, 1.82) is 5.26 Å². The van der Waals surface area contributed by atoms with Crippen molar-refractivity contribution in [2.24, 2.45) is 5.90 Å². The highest BCUT2D eigenvalue weighted by Crippen LogP contribution is 2.15. The number of esters is 1. The van der Waals surface area contributed by atoms with Gasteiger partial charge < -0.3 is 14.3 Å². The molecule has 1 rings (SSSR count). The molecule has 1 heterocycles. The summed E-state index contributed by atoms with van der Waals surface area (Å²) in [5.74, 6) is 4.80. The molecular weight excluding hydrogens is 264 g/mol. The van der Waals surface area contributed by atoms with Gasteiger partial charge >= 0.3 is 12.0 Å². The molecule has 0 atom stereocenters. The van der Waals surface area contributed by atoms with Gasteiger partial charge in [0, 0.05) is 0 Å². The standard InChI is InChI=1S/C12H19N4O4/c1-4-18-11(17)9(7-13)10-8-16(5-6-19-10)12(20-14)15(2)3/h4-6,8,14H2,1-3H3/q+1. The fourth-order valence-electron chi connectivity index (χ4n) is 1.78. The Morgan fingerprint density at radius 2 is 2.30 bits per heavy atom. The number of nitrogens with two attached hydrogens (primary N) is 1. The van der Waals surface area contributed by atoms with Gasteiger partial charge in [-0.3, -0.25) is 0 Å². The second-order valence-electron chi connectivity index (χ2n) is 4.20. The number of carbonyl (C=O) groups is 1. The molecule has 1 fully saturated rings. The lowest BCUT2D eigenvalue weighted by Crippen LogP contribution is -2.45. The third-order valence-electron chi connectivity index (χ3n) is 2.60. The smallest absolute Gasteiger partial charge is 0.465 e. The number of carbonyl (C=O) groups excluding carboxylic acids is 1. The van der Waals surface area contributed by atoms with Crippen LogP contribution in [0.4, 0.5) is 0 Å². The molecule has 0 aromatic rings. The van der Waals surface area contributed by atoms with Gasteiger partial charge in [-0.1, -0.05) is 0 Å². The first kappa shape index (κ1) is 15.8. The van der Waals surface area contributed by atoms with Crippen LogP contribution in [-0.4, -0.2) is 61.9 Å². The summed E-state index contributed by atoms with van der Waals surface area (Å²) in [6.07, 6.45) is 0. The fraction of sp³-hybridized carbons (Fsp3) is 0.583. The first-order valence-electron chi connectivity index (χ1n) is 6.14. The molecule has 1 aliphatic rings. The second kappa shape index (κ2) is 7.35. The Morgan fingerprint density at radius 3 is 2.80 bits per heavy atom. The molecule has 2 N–H and O–H groups in total. The number of rotatable bonds is 2. The highest BCUT2D eigenvalue weighted by atomic mass is 16.6. The van der Waals surface area contributed by atoms with Crippen LogP contribution < -0.4 is 5.90 Å². The Hall–Kier alpha value is -2.27. The molecule has 0 bridgehead atoms. The van der Waals surface area contributed by atoms with E-state index >= 15 is 0 Å². The molecule has 20 heavy (non-hydrogen) atoms. The molecule has 0 aromatic carbocycles. The van der Waals surface area contributed by atoms with E-state index < -0.39 is 5.97 Å². The monoisotopic (exact) mass is 283 g/mol. The van der Waals surface area contributed by atoms with Crippen LogP contribution in [0, 0.1) is 11.3 Å². The SMILES string of the molecule is CCOC(=O)C(C#N)=C1CN(C(ON)=[N+](C)C)CCO1. The van der Waals surface area contributed by atoms with Gasteiger partial charge in [-0.25, -0.2) is 14.3 Å². The molecular formula is C12H19N4O4+. The molecule has 0 aliphatic carbocycles. The molecule has 0 radical (unpaired) electrons. The molecule has 0 amide bonds. The first-order chi connectivity index (χ1) is 9.54. The number of amidine groups is 1. The third kappa shape index (κ3) is 3.61. The molecule has 0 spiro atoms. The summed E-state index contributed by atoms with van der Waals surface area (Å²) in [5, 5.41) is 9.09. The number of hydrogen-bond donors (Lipinski definition) is 1. The van der Waals surface area contributed by atoms with Crippen molar-refractivity contribution in [3.8, 4) is 6.07 Å². The van der Waals surface area contributed by atoms with E-state index in [0.717, 1.165) is 0 Å². The molecule has 8 heteroatoms. The zero-order chi connectivity index (χ0) is 15.1. The molecule has 0 saturated carbocycles. The summed E-state index contributed by atoms with van der Waals surface area (Å²) in [5.41, 5.74) is -0.133. The van der Waals surface area contributed by atoms with Gasteiger partial charge in [-0.2, -0.15) is 11.2 Å². The van der Waals surface area contributed by atoms with Crippen LogP contribution >= 0.6 is 0 Å². The Morgan fingerprint density at radius 1 is 1.60 bits per heavy atom. The van der Waals surface area contributed by atoms with E-state index in [1.165, 1.54) is 0 Å². The Bertz CT molecular complexity index is 474. The van der Waals surface area contributed by atoms with Crippen LogP contribution in [0.15, 0.2) is 11.3 Å². The maximum atomic E-state index is 11.7. The average Bonchev–Trinajstić information content (AvgIpc) is 2.41. The van der Waals surface area contributed by atoms with E-state index in [1.807, 2.05) is 6.07 Å². The summed E-state index contributed by atoms with van der Waals surface area (Å²) in [7, 11) is 3.55. The van der Waals surface area contributed by atoms with E-state index in [-0.39, 0.29) is 24.5 Å². The van der Waals surface area contributed by atoms with Crippen molar-refractivity contribution in [2.75, 3.05) is 40.4 Å². The molecule has 0 unspecified atom stereocenters. The predicted octanol–water partition coefficient (Wildman–Crippen LogP) is -0.822. The van der Waals surface area contributed by atoms with Gasteiger partial charge in [0.1, 0.15) is 25.8 Å². The normalized spacial score (nSPS) is 16.6. The van der Waals surface area contributed by atoms with Crippen molar-refractivity contribution < 1.29 is 23.7 Å². The molecule has 8 nitrogen and oxygen atoms in total. The van der Waals surface area contributed by atoms with Gasteiger partial charge in [-0.15, -0.1) is 0 Å². The fourth-order valence-corrected chi connectivity index (χ4v) is 1.78. The van der Waals surface area contributed by atoms with Crippen molar-refractivity contribution >= 4 is 12.0 Å². The number of nitrogens with zero attached hydrogens (tertiary/aromatic N) is 3. The zero-order valence-corrected chi connectivity index (χ0v) is 11.9. The largest absolute Gasteiger partial charge is 0.488 e. The third-order valence-corrected chi connectivity index (χ3v) is 2.60. The maximum Gasteiger partial charge on any atom is 0.465 e. The van der Waals surface area contributed by atoms with Gasteiger partial charge in [0.2, 0.25) is 0 Å². The highest BCUT2D eigenvalue weighted by molar-refractivity contribution is 5.93. The Labute approximate surface area is 117 Å². The summed E-state index contributed by atoms with van der Waals surface area (Å²) < 4.78 is 11.9. The van der Waals surface area contributed by atoms with Crippen molar-refractivity contribution in [1.82, 2.24) is 4.90 Å². The average molecular weight is 283 g/mol. The molecule has 1 aliphatic heterocycles. The Kier molecular flexibility index (Phi) is 5.80. The van der Waals surface area contributed by atoms with Gasteiger partial charge in [0.05, 0.1) is 20.7 Å². The lowest BCUT2D eigenvalue weighted by molar-refractivity contribution is -0.481. The van der Waals surface area contributed by atoms with Crippen LogP contribution in [-0.2, 0) is 19.1 Å². The minimum Gasteiger partial charge on any atom is -0.488 e. The summed E-state index contributed by atoms with van der Waals surface area (Å²) >= 11 is 0. The lowest BCUT2D eigenvalue weighted by atomic mass is 10.2. The maximum absolute atomic E-state index is 11.7. The quantitative estimate of drug-likeness (QED) is 0.134. The highest BCUT2D eigenvalue weighted by Gasteiger charge is 2.31. The topological polar surface area (TPSA) is 101 Å². The number of nitriles is 1. The summed E-state index contributed by atoms with van der Waals surface area (Å²) in [6.45, 7) is 2.94. The van der Waals surface area contributed by atoms with Crippen LogP contribution in [0.25, 0.3) is 0 Å². The zero-order valence-electron chi connectivity index (χ0n) is 11.9. The van der Waals surface area contributed by atoms with E-state index in [1.54, 1.807) is 30.5 Å². The molecule has 110 valence electrons. The van der Waals surface area contributed by atoms with Gasteiger partial charge in [-0.05, 0) is 6.92 Å². The van der Waals surface area contributed by atoms with E-state index in [4.69, 9.17) is 25.5 Å². The minimum absolute atomic E-state index is 0.133. The predicted molar refractivity (Wildman–Crippen MR) is 69.2 cm³/mol. The molecule has 1 saturated heterocycles. The van der Waals surface area contributed by atoms with Crippen LogP contribution in [0.3, 0.4) is 0 Å². The Balaban J connectivity index is 3.01. The summed E-state index contributed by atoms with van der Waals surface area (Å²) in [4.78, 5) is 18.3. The number of morpholine rings is 1.